The number of aryl methyl sites for hydroxylation is 1. The zero-order valence-electron chi connectivity index (χ0n) is 28.2. The van der Waals surface area contributed by atoms with Crippen LogP contribution < -0.4 is 14.2 Å². The maximum atomic E-state index is 11.7. The van der Waals surface area contributed by atoms with Crippen molar-refractivity contribution in [2.75, 3.05) is 39.4 Å². The van der Waals surface area contributed by atoms with Crippen molar-refractivity contribution in [2.45, 2.75) is 33.4 Å². The molecule has 5 rings (SSSR count). The number of fused-ring (bicyclic) bond motifs is 1. The summed E-state index contributed by atoms with van der Waals surface area (Å²) in [6, 6.07) is 9.70. The highest BCUT2D eigenvalue weighted by atomic mass is 32.1. The van der Waals surface area contributed by atoms with Crippen molar-refractivity contribution in [3.8, 4) is 34.6 Å². The van der Waals surface area contributed by atoms with Gasteiger partial charge in [0, 0.05) is 102 Å². The molecule has 0 bridgehead atoms. The molecule has 2 aliphatic rings. The van der Waals surface area contributed by atoms with Gasteiger partial charge in [-0.15, -0.1) is 17.1 Å². The van der Waals surface area contributed by atoms with Crippen LogP contribution in [-0.2, 0) is 22.7 Å². The van der Waals surface area contributed by atoms with E-state index in [9.17, 15) is 14.9 Å². The van der Waals surface area contributed by atoms with Gasteiger partial charge in [0.05, 0.1) is 11.9 Å². The van der Waals surface area contributed by atoms with Crippen molar-refractivity contribution < 1.29 is 23.8 Å². The molecule has 1 amide bonds. The smallest absolute Gasteiger partial charge is 0.232 e. The first-order valence-electron chi connectivity index (χ1n) is 15.7. The van der Waals surface area contributed by atoms with E-state index in [1.54, 1.807) is 30.5 Å². The Bertz CT molecular complexity index is 2210. The van der Waals surface area contributed by atoms with E-state index in [2.05, 4.69) is 73.5 Å². The summed E-state index contributed by atoms with van der Waals surface area (Å²) < 4.78 is 17.3. The maximum Gasteiger partial charge on any atom is 0.232 e. The van der Waals surface area contributed by atoms with Crippen LogP contribution in [0.5, 0.6) is 17.4 Å². The minimum atomic E-state index is 0.138. The van der Waals surface area contributed by atoms with Crippen molar-refractivity contribution in [1.82, 2.24) is 19.8 Å². The Morgan fingerprint density at radius 1 is 1.06 bits per heavy atom. The first-order chi connectivity index (χ1) is 24.9. The van der Waals surface area contributed by atoms with Crippen LogP contribution in [0.4, 0.5) is 0 Å². The van der Waals surface area contributed by atoms with E-state index < -0.39 is 0 Å². The molecule has 11 nitrogen and oxygen atoms in total. The van der Waals surface area contributed by atoms with E-state index in [1.807, 2.05) is 35.8 Å². The van der Waals surface area contributed by atoms with Gasteiger partial charge in [0.25, 0.3) is 0 Å². The average Bonchev–Trinajstić information content (AvgIpc) is 3.32. The first kappa shape index (κ1) is 37.3. The van der Waals surface area contributed by atoms with Crippen molar-refractivity contribution in [3.05, 3.63) is 110 Å². The summed E-state index contributed by atoms with van der Waals surface area (Å²) >= 11 is 1.62. The number of ether oxygens (including phenoxy) is 3. The van der Waals surface area contributed by atoms with Gasteiger partial charge in [-0.1, -0.05) is 12.6 Å². The molecule has 1 fully saturated rings. The van der Waals surface area contributed by atoms with Crippen molar-refractivity contribution >= 4 is 29.1 Å². The topological polar surface area (TPSA) is 130 Å². The number of nitrogens with zero attached hydrogens (tertiary/aromatic N) is 6. The van der Waals surface area contributed by atoms with Crippen molar-refractivity contribution in [3.63, 3.8) is 0 Å². The molecule has 0 saturated carbocycles. The predicted octanol–water partition coefficient (Wildman–Crippen LogP) is 5.22. The maximum absolute atomic E-state index is 11.7. The van der Waals surface area contributed by atoms with E-state index >= 15 is 0 Å². The number of benzene rings is 1. The Balaban J connectivity index is 0.000000354. The lowest BCUT2D eigenvalue weighted by Crippen LogP contribution is -2.33. The van der Waals surface area contributed by atoms with Crippen LogP contribution in [-0.4, -0.2) is 76.9 Å². The molecule has 51 heavy (non-hydrogen) atoms. The van der Waals surface area contributed by atoms with Crippen LogP contribution in [0, 0.1) is 18.3 Å². The van der Waals surface area contributed by atoms with Gasteiger partial charge in [0.1, 0.15) is 36.5 Å². The van der Waals surface area contributed by atoms with E-state index in [4.69, 9.17) is 19.2 Å². The molecule has 2 aliphatic heterocycles. The zero-order chi connectivity index (χ0) is 36.3. The zero-order valence-corrected chi connectivity index (χ0v) is 29.0. The number of carbonyl (C=O) groups excluding carboxylic acids is 2. The number of thiazole rings is 1. The quantitative estimate of drug-likeness (QED) is 0.186. The fraction of sp³-hybridized carbons (Fsp3) is 0.282. The Kier molecular flexibility index (Phi) is 14.7. The van der Waals surface area contributed by atoms with Gasteiger partial charge in [-0.2, -0.15) is 10.3 Å². The number of rotatable bonds is 7. The van der Waals surface area contributed by atoms with Gasteiger partial charge in [0.15, 0.2) is 17.4 Å². The number of pyridine rings is 1. The van der Waals surface area contributed by atoms with Gasteiger partial charge < -0.3 is 19.1 Å². The van der Waals surface area contributed by atoms with Crippen LogP contribution in [0.15, 0.2) is 94.1 Å². The molecule has 0 radical (unpaired) electrons. The number of hydrogen-bond acceptors (Lipinski definition) is 11. The van der Waals surface area contributed by atoms with Crippen LogP contribution >= 0.6 is 11.3 Å². The van der Waals surface area contributed by atoms with Crippen LogP contribution in [0.25, 0.3) is 11.1 Å². The summed E-state index contributed by atoms with van der Waals surface area (Å²) in [5, 5.41) is 10.8. The molecule has 2 aromatic heterocycles. The minimum absolute atomic E-state index is 0.138. The van der Waals surface area contributed by atoms with Crippen LogP contribution in [0.1, 0.15) is 34.5 Å². The van der Waals surface area contributed by atoms with E-state index in [1.165, 1.54) is 17.0 Å². The number of nitriles is 1. The molecule has 254 valence electrons. The standard InChI is InChI=1S/C27H29N5O4S.C12H3NO/c1-18-25(16-31-8-3-9-32(11-10-31)19(2)33)37-26(30-18)17-36-27-22(15-28)21(6-7-29-27)20-4-5-23-24(14-20)35-13-12-34-23;1-2-10-13-11-8-6-4-3-5-7-9-12-14/h4-7,14H,3,8-13,16-17H2,1-2H3;10H,1H2. The second-order valence-corrected chi connectivity index (χ2v) is 11.8. The summed E-state index contributed by atoms with van der Waals surface area (Å²) in [6.07, 6.45) is 3.94. The fourth-order valence-electron chi connectivity index (χ4n) is 4.91. The Morgan fingerprint density at radius 3 is 2.57 bits per heavy atom. The van der Waals surface area contributed by atoms with Gasteiger partial charge in [-0.3, -0.25) is 9.69 Å². The van der Waals surface area contributed by atoms with E-state index in [-0.39, 0.29) is 18.4 Å². The third-order valence-electron chi connectivity index (χ3n) is 7.25. The molecule has 0 atom stereocenters. The molecule has 0 N–H and O–H groups in total. The number of carbonyl (C=O) groups is 1. The third-order valence-corrected chi connectivity index (χ3v) is 8.37. The molecule has 1 aromatic carbocycles. The Hall–Kier alpha value is -6.54. The summed E-state index contributed by atoms with van der Waals surface area (Å²) in [4.78, 5) is 39.4. The molecule has 12 heteroatoms. The number of aliphatic imine (C=N–C) groups is 1. The minimum Gasteiger partial charge on any atom is -0.486 e. The lowest BCUT2D eigenvalue weighted by atomic mass is 10.0. The largest absolute Gasteiger partial charge is 0.486 e. The normalized spacial score (nSPS) is 12.5. The number of hydrogen-bond donors (Lipinski definition) is 0. The van der Waals surface area contributed by atoms with E-state index in [0.717, 1.165) is 61.0 Å². The molecule has 0 unspecified atom stereocenters. The van der Waals surface area contributed by atoms with Crippen molar-refractivity contribution in [2.24, 2.45) is 4.99 Å². The number of aromatic nitrogens is 2. The van der Waals surface area contributed by atoms with Crippen LogP contribution in [0.2, 0.25) is 0 Å². The van der Waals surface area contributed by atoms with Gasteiger partial charge in [0.2, 0.25) is 11.8 Å². The predicted molar refractivity (Wildman–Crippen MR) is 190 cm³/mol. The molecule has 4 heterocycles. The molecule has 3 aromatic rings. The molecular weight excluding hydrogens is 665 g/mol. The second kappa shape index (κ2) is 20.1. The van der Waals surface area contributed by atoms with Gasteiger partial charge >= 0.3 is 0 Å². The average molecular weight is 697 g/mol. The monoisotopic (exact) mass is 696 g/mol. The molecular formula is C39H32N6O5S. The van der Waals surface area contributed by atoms with Crippen LogP contribution in [0.3, 0.4) is 0 Å². The lowest BCUT2D eigenvalue weighted by molar-refractivity contribution is -0.128. The second-order valence-electron chi connectivity index (χ2n) is 10.6. The first-order valence-corrected chi connectivity index (χ1v) is 16.5. The Morgan fingerprint density at radius 2 is 1.82 bits per heavy atom. The molecule has 1 saturated heterocycles. The molecule has 0 spiro atoms. The summed E-state index contributed by atoms with van der Waals surface area (Å²) in [6.45, 7) is 12.4. The van der Waals surface area contributed by atoms with Gasteiger partial charge in [-0.25, -0.2) is 14.8 Å². The van der Waals surface area contributed by atoms with Gasteiger partial charge in [-0.05, 0) is 37.1 Å². The van der Waals surface area contributed by atoms with E-state index in [0.29, 0.717) is 30.3 Å². The molecule has 0 aliphatic carbocycles. The summed E-state index contributed by atoms with van der Waals surface area (Å²) in [7, 11) is 0. The lowest BCUT2D eigenvalue weighted by Gasteiger charge is -2.20. The Labute approximate surface area is 299 Å². The highest BCUT2D eigenvalue weighted by Gasteiger charge is 2.20. The fourth-order valence-corrected chi connectivity index (χ4v) is 5.93. The number of amides is 1. The highest BCUT2D eigenvalue weighted by Crippen LogP contribution is 2.37. The van der Waals surface area contributed by atoms with Crippen molar-refractivity contribution in [1.29, 1.82) is 5.26 Å². The summed E-state index contributed by atoms with van der Waals surface area (Å²) in [5.74, 6) is 5.52. The summed E-state index contributed by atoms with van der Waals surface area (Å²) in [5.41, 5.74) is 21.4. The highest BCUT2D eigenvalue weighted by molar-refractivity contribution is 7.11. The SMILES string of the molecule is C=C=CN=C=C=C=C=C=C=C=C=C=O.CC(=O)N1CCCN(Cc2sc(COc3nccc(-c4ccc5c(c4)OCCO5)c3C#N)nc2C)CC1. The third kappa shape index (κ3) is 11.5.